The number of rotatable bonds is 6. The SMILES string of the molecule is Cc1oncc1CSc1nnc(N2CCCC2)n1CC1CCCO1. The van der Waals surface area contributed by atoms with E-state index in [4.69, 9.17) is 9.26 Å². The first kappa shape index (κ1) is 16.0. The molecule has 0 spiro atoms. The summed E-state index contributed by atoms with van der Waals surface area (Å²) in [4.78, 5) is 2.34. The number of aryl methyl sites for hydroxylation is 1. The molecule has 0 radical (unpaired) electrons. The molecule has 130 valence electrons. The summed E-state index contributed by atoms with van der Waals surface area (Å²) < 4.78 is 13.2. The van der Waals surface area contributed by atoms with Crippen LogP contribution < -0.4 is 4.90 Å². The molecule has 0 aliphatic carbocycles. The molecule has 0 saturated carbocycles. The van der Waals surface area contributed by atoms with E-state index in [2.05, 4.69) is 24.8 Å². The van der Waals surface area contributed by atoms with Crippen molar-refractivity contribution in [2.45, 2.75) is 56.2 Å². The number of hydrogen-bond donors (Lipinski definition) is 0. The average molecular weight is 349 g/mol. The lowest BCUT2D eigenvalue weighted by molar-refractivity contribution is 0.0952. The minimum Gasteiger partial charge on any atom is -0.376 e. The summed E-state index contributed by atoms with van der Waals surface area (Å²) in [5.74, 6) is 2.65. The van der Waals surface area contributed by atoms with Crippen LogP contribution in [-0.4, -0.2) is 45.7 Å². The van der Waals surface area contributed by atoms with Crippen LogP contribution in [-0.2, 0) is 17.0 Å². The Morgan fingerprint density at radius 2 is 2.12 bits per heavy atom. The summed E-state index contributed by atoms with van der Waals surface area (Å²) >= 11 is 1.69. The topological polar surface area (TPSA) is 69.2 Å². The van der Waals surface area contributed by atoms with E-state index in [1.165, 1.54) is 12.8 Å². The third-order valence-electron chi connectivity index (χ3n) is 4.70. The van der Waals surface area contributed by atoms with Crippen LogP contribution >= 0.6 is 11.8 Å². The first-order valence-corrected chi connectivity index (χ1v) is 9.62. The molecule has 2 aliphatic rings. The predicted molar refractivity (Wildman–Crippen MR) is 91.2 cm³/mol. The highest BCUT2D eigenvalue weighted by atomic mass is 32.2. The highest BCUT2D eigenvalue weighted by Crippen LogP contribution is 2.29. The second-order valence-electron chi connectivity index (χ2n) is 6.42. The molecule has 0 N–H and O–H groups in total. The molecule has 2 saturated heterocycles. The fourth-order valence-electron chi connectivity index (χ4n) is 3.29. The normalized spacial score (nSPS) is 21.0. The molecule has 1 unspecified atom stereocenters. The lowest BCUT2D eigenvalue weighted by Gasteiger charge is -2.20. The zero-order valence-electron chi connectivity index (χ0n) is 14.0. The molecule has 8 heteroatoms. The Morgan fingerprint density at radius 3 is 2.83 bits per heavy atom. The van der Waals surface area contributed by atoms with Gasteiger partial charge in [0, 0.05) is 31.0 Å². The van der Waals surface area contributed by atoms with E-state index in [0.29, 0.717) is 0 Å². The van der Waals surface area contributed by atoms with Gasteiger partial charge in [0.2, 0.25) is 5.95 Å². The highest BCUT2D eigenvalue weighted by Gasteiger charge is 2.25. The maximum absolute atomic E-state index is 5.84. The van der Waals surface area contributed by atoms with Crippen molar-refractivity contribution in [1.29, 1.82) is 0 Å². The summed E-state index contributed by atoms with van der Waals surface area (Å²) in [5, 5.41) is 13.7. The monoisotopic (exact) mass is 349 g/mol. The molecule has 4 heterocycles. The average Bonchev–Trinajstić information content (AvgIpc) is 3.34. The number of thioether (sulfide) groups is 1. The first-order valence-electron chi connectivity index (χ1n) is 8.64. The minimum atomic E-state index is 0.277. The Kier molecular flexibility index (Phi) is 4.75. The molecule has 2 aromatic rings. The second kappa shape index (κ2) is 7.14. The van der Waals surface area contributed by atoms with E-state index in [-0.39, 0.29) is 6.10 Å². The fourth-order valence-corrected chi connectivity index (χ4v) is 4.26. The lowest BCUT2D eigenvalue weighted by Crippen LogP contribution is -2.25. The van der Waals surface area contributed by atoms with Crippen LogP contribution in [0.5, 0.6) is 0 Å². The van der Waals surface area contributed by atoms with E-state index in [0.717, 1.165) is 67.3 Å². The summed E-state index contributed by atoms with van der Waals surface area (Å²) in [6.07, 6.45) is 6.79. The van der Waals surface area contributed by atoms with Crippen LogP contribution in [0.2, 0.25) is 0 Å². The molecule has 2 aliphatic heterocycles. The maximum Gasteiger partial charge on any atom is 0.228 e. The molecule has 0 bridgehead atoms. The van der Waals surface area contributed by atoms with Crippen LogP contribution in [0.15, 0.2) is 15.9 Å². The van der Waals surface area contributed by atoms with Gasteiger partial charge < -0.3 is 14.2 Å². The van der Waals surface area contributed by atoms with E-state index >= 15 is 0 Å². The summed E-state index contributed by atoms with van der Waals surface area (Å²) in [6.45, 7) is 5.78. The molecular formula is C16H23N5O2S. The molecule has 2 fully saturated rings. The van der Waals surface area contributed by atoms with Crippen molar-refractivity contribution < 1.29 is 9.26 Å². The Hall–Kier alpha value is -1.54. The molecule has 24 heavy (non-hydrogen) atoms. The molecule has 2 aromatic heterocycles. The van der Waals surface area contributed by atoms with Gasteiger partial charge in [-0.2, -0.15) is 0 Å². The first-order chi connectivity index (χ1) is 11.8. The van der Waals surface area contributed by atoms with Crippen molar-refractivity contribution in [2.24, 2.45) is 0 Å². The summed E-state index contributed by atoms with van der Waals surface area (Å²) in [7, 11) is 0. The van der Waals surface area contributed by atoms with Crippen LogP contribution in [0.25, 0.3) is 0 Å². The van der Waals surface area contributed by atoms with Crippen LogP contribution in [0.4, 0.5) is 5.95 Å². The Bertz CT molecular complexity index is 674. The van der Waals surface area contributed by atoms with Gasteiger partial charge in [-0.05, 0) is 32.6 Å². The van der Waals surface area contributed by atoms with Gasteiger partial charge in [-0.25, -0.2) is 0 Å². The number of nitrogens with zero attached hydrogens (tertiary/aromatic N) is 5. The van der Waals surface area contributed by atoms with Crippen molar-refractivity contribution in [3.8, 4) is 0 Å². The van der Waals surface area contributed by atoms with Gasteiger partial charge in [0.1, 0.15) is 5.76 Å². The largest absolute Gasteiger partial charge is 0.376 e. The number of aromatic nitrogens is 4. The fraction of sp³-hybridized carbons (Fsp3) is 0.688. The molecule has 0 aromatic carbocycles. The van der Waals surface area contributed by atoms with Gasteiger partial charge in [0.25, 0.3) is 0 Å². The van der Waals surface area contributed by atoms with Gasteiger partial charge in [-0.1, -0.05) is 16.9 Å². The summed E-state index contributed by atoms with van der Waals surface area (Å²) in [6, 6.07) is 0. The third kappa shape index (κ3) is 3.30. The maximum atomic E-state index is 5.84. The highest BCUT2D eigenvalue weighted by molar-refractivity contribution is 7.98. The molecule has 4 rings (SSSR count). The third-order valence-corrected chi connectivity index (χ3v) is 5.72. The summed E-state index contributed by atoms with van der Waals surface area (Å²) in [5.41, 5.74) is 1.11. The van der Waals surface area contributed by atoms with Crippen molar-refractivity contribution in [2.75, 3.05) is 24.6 Å². The van der Waals surface area contributed by atoms with Crippen LogP contribution in [0.3, 0.4) is 0 Å². The van der Waals surface area contributed by atoms with E-state index < -0.39 is 0 Å². The quantitative estimate of drug-likeness (QED) is 0.743. The number of anilines is 1. The van der Waals surface area contributed by atoms with Gasteiger partial charge in [0.15, 0.2) is 5.16 Å². The van der Waals surface area contributed by atoms with Gasteiger partial charge in [0.05, 0.1) is 18.8 Å². The minimum absolute atomic E-state index is 0.277. The molecule has 1 atom stereocenters. The predicted octanol–water partition coefficient (Wildman–Crippen LogP) is 2.65. The molecular weight excluding hydrogens is 326 g/mol. The van der Waals surface area contributed by atoms with Crippen LogP contribution in [0.1, 0.15) is 37.0 Å². The Morgan fingerprint density at radius 1 is 1.25 bits per heavy atom. The van der Waals surface area contributed by atoms with Crippen molar-refractivity contribution in [3.05, 3.63) is 17.5 Å². The van der Waals surface area contributed by atoms with E-state index in [9.17, 15) is 0 Å². The van der Waals surface area contributed by atoms with Crippen molar-refractivity contribution in [3.63, 3.8) is 0 Å². The van der Waals surface area contributed by atoms with Gasteiger partial charge >= 0.3 is 0 Å². The van der Waals surface area contributed by atoms with Gasteiger partial charge in [-0.15, -0.1) is 10.2 Å². The number of hydrogen-bond acceptors (Lipinski definition) is 7. The van der Waals surface area contributed by atoms with E-state index in [1.807, 2.05) is 6.92 Å². The van der Waals surface area contributed by atoms with E-state index in [1.54, 1.807) is 18.0 Å². The molecule has 7 nitrogen and oxygen atoms in total. The van der Waals surface area contributed by atoms with Gasteiger partial charge in [-0.3, -0.25) is 4.57 Å². The van der Waals surface area contributed by atoms with Crippen molar-refractivity contribution >= 4 is 17.7 Å². The number of ether oxygens (including phenoxy) is 1. The molecule has 0 amide bonds. The second-order valence-corrected chi connectivity index (χ2v) is 7.36. The van der Waals surface area contributed by atoms with Crippen LogP contribution in [0, 0.1) is 6.92 Å². The smallest absolute Gasteiger partial charge is 0.228 e. The zero-order valence-corrected chi connectivity index (χ0v) is 14.8. The lowest BCUT2D eigenvalue weighted by atomic mass is 10.2. The van der Waals surface area contributed by atoms with Crippen molar-refractivity contribution in [1.82, 2.24) is 19.9 Å². The Balaban J connectivity index is 1.54. The zero-order chi connectivity index (χ0) is 16.4. The standard InChI is InChI=1S/C16H23N5O2S/c1-12-13(9-17-23-12)11-24-16-19-18-15(20-6-2-3-7-20)21(16)10-14-5-4-8-22-14/h9,14H,2-8,10-11H2,1H3. The Labute approximate surface area is 145 Å².